The van der Waals surface area contributed by atoms with E-state index in [1.54, 1.807) is 48.5 Å². The second-order valence-corrected chi connectivity index (χ2v) is 7.55. The van der Waals surface area contributed by atoms with Gasteiger partial charge in [-0.05, 0) is 37.3 Å². The number of carbonyl (C=O) groups excluding carboxylic acids is 1. The molecule has 0 N–H and O–H groups in total. The Morgan fingerprint density at radius 1 is 1.09 bits per heavy atom. The maximum Gasteiger partial charge on any atom is 0.268 e. The Labute approximate surface area is 136 Å². The van der Waals surface area contributed by atoms with Gasteiger partial charge in [0.05, 0.1) is 10.4 Å². The zero-order chi connectivity index (χ0) is 15.9. The maximum atomic E-state index is 12.8. The fourth-order valence-electron chi connectivity index (χ4n) is 2.29. The lowest BCUT2D eigenvalue weighted by Crippen LogP contribution is -2.11. The molecule has 3 aromatic rings. The molecule has 0 aliphatic carbocycles. The molecule has 0 atom stereocenters. The van der Waals surface area contributed by atoms with Crippen molar-refractivity contribution in [3.05, 3.63) is 64.8 Å². The number of rotatable bonds is 3. The molecule has 0 saturated heterocycles. The number of benzene rings is 2. The monoisotopic (exact) mass is 377 g/mol. The molecule has 1 heterocycles. The van der Waals surface area contributed by atoms with Crippen molar-refractivity contribution in [2.24, 2.45) is 0 Å². The summed E-state index contributed by atoms with van der Waals surface area (Å²) in [4.78, 5) is 11.8. The fourth-order valence-corrected chi connectivity index (χ4v) is 4.23. The van der Waals surface area contributed by atoms with Gasteiger partial charge in [0.15, 0.2) is 5.78 Å². The second-order valence-electron chi connectivity index (χ2n) is 4.88. The first-order chi connectivity index (χ1) is 10.4. The molecule has 0 spiro atoms. The van der Waals surface area contributed by atoms with Crippen LogP contribution in [0.1, 0.15) is 17.3 Å². The SMILES string of the molecule is CC(=O)c1cc(Br)c2ccn(S(=O)(=O)c3ccccc3)c2c1. The topological polar surface area (TPSA) is 56.1 Å². The molecule has 1 aromatic heterocycles. The Kier molecular flexibility index (Phi) is 3.66. The minimum Gasteiger partial charge on any atom is -0.295 e. The van der Waals surface area contributed by atoms with Crippen LogP contribution in [-0.4, -0.2) is 18.2 Å². The number of hydrogen-bond donors (Lipinski definition) is 0. The lowest BCUT2D eigenvalue weighted by Gasteiger charge is -2.08. The highest BCUT2D eigenvalue weighted by Crippen LogP contribution is 2.29. The van der Waals surface area contributed by atoms with E-state index >= 15 is 0 Å². The van der Waals surface area contributed by atoms with Crippen LogP contribution in [0, 0.1) is 0 Å². The summed E-state index contributed by atoms with van der Waals surface area (Å²) in [5.41, 5.74) is 0.936. The van der Waals surface area contributed by atoms with Gasteiger partial charge in [-0.2, -0.15) is 0 Å². The molecule has 0 unspecified atom stereocenters. The Hall–Kier alpha value is -1.92. The predicted molar refractivity (Wildman–Crippen MR) is 88.7 cm³/mol. The van der Waals surface area contributed by atoms with Crippen LogP contribution in [-0.2, 0) is 10.0 Å². The van der Waals surface area contributed by atoms with Gasteiger partial charge in [-0.3, -0.25) is 4.79 Å². The summed E-state index contributed by atoms with van der Waals surface area (Å²) in [6.45, 7) is 1.45. The van der Waals surface area contributed by atoms with Gasteiger partial charge >= 0.3 is 0 Å². The van der Waals surface area contributed by atoms with E-state index in [4.69, 9.17) is 0 Å². The Bertz CT molecular complexity index is 975. The van der Waals surface area contributed by atoms with Gasteiger partial charge in [0.25, 0.3) is 10.0 Å². The average molecular weight is 378 g/mol. The molecule has 6 heteroatoms. The molecule has 0 aliphatic heterocycles. The van der Waals surface area contributed by atoms with E-state index in [9.17, 15) is 13.2 Å². The molecule has 22 heavy (non-hydrogen) atoms. The van der Waals surface area contributed by atoms with Crippen LogP contribution in [0.3, 0.4) is 0 Å². The predicted octanol–water partition coefficient (Wildman–Crippen LogP) is 3.84. The number of ketones is 1. The summed E-state index contributed by atoms with van der Waals surface area (Å²) in [6, 6.07) is 13.2. The molecular formula is C16H12BrNO3S. The van der Waals surface area contributed by atoms with E-state index in [0.717, 1.165) is 5.39 Å². The molecule has 0 saturated carbocycles. The highest BCUT2D eigenvalue weighted by Gasteiger charge is 2.20. The van der Waals surface area contributed by atoms with Crippen LogP contribution in [0.5, 0.6) is 0 Å². The van der Waals surface area contributed by atoms with Gasteiger partial charge < -0.3 is 0 Å². The van der Waals surface area contributed by atoms with Crippen molar-refractivity contribution in [2.45, 2.75) is 11.8 Å². The average Bonchev–Trinajstić information content (AvgIpc) is 2.93. The first-order valence-corrected chi connectivity index (χ1v) is 8.77. The van der Waals surface area contributed by atoms with Crippen molar-refractivity contribution < 1.29 is 13.2 Å². The first-order valence-electron chi connectivity index (χ1n) is 6.53. The van der Waals surface area contributed by atoms with Crippen LogP contribution in [0.2, 0.25) is 0 Å². The van der Waals surface area contributed by atoms with E-state index in [-0.39, 0.29) is 10.7 Å². The first kappa shape index (κ1) is 15.0. The minimum atomic E-state index is -3.70. The molecule has 112 valence electrons. The maximum absolute atomic E-state index is 12.8. The van der Waals surface area contributed by atoms with Gasteiger partial charge in [0.1, 0.15) is 0 Å². The Morgan fingerprint density at radius 2 is 1.77 bits per heavy atom. The third-order valence-electron chi connectivity index (χ3n) is 3.43. The van der Waals surface area contributed by atoms with Gasteiger partial charge in [0, 0.05) is 21.6 Å². The number of hydrogen-bond acceptors (Lipinski definition) is 3. The lowest BCUT2D eigenvalue weighted by atomic mass is 10.1. The normalized spacial score (nSPS) is 11.7. The van der Waals surface area contributed by atoms with Crippen molar-refractivity contribution >= 4 is 42.6 Å². The van der Waals surface area contributed by atoms with E-state index in [1.807, 2.05) is 0 Å². The van der Waals surface area contributed by atoms with Gasteiger partial charge in [-0.1, -0.05) is 34.1 Å². The Morgan fingerprint density at radius 3 is 2.41 bits per heavy atom. The summed E-state index contributed by atoms with van der Waals surface area (Å²) in [7, 11) is -3.70. The summed E-state index contributed by atoms with van der Waals surface area (Å²) >= 11 is 3.39. The smallest absolute Gasteiger partial charge is 0.268 e. The zero-order valence-corrected chi connectivity index (χ0v) is 14.1. The molecule has 0 amide bonds. The lowest BCUT2D eigenvalue weighted by molar-refractivity contribution is 0.101. The van der Waals surface area contributed by atoms with Gasteiger partial charge in [0.2, 0.25) is 0 Å². The summed E-state index contributed by atoms with van der Waals surface area (Å²) in [5.74, 6) is -0.118. The number of aromatic nitrogens is 1. The van der Waals surface area contributed by atoms with Crippen LogP contribution in [0.15, 0.2) is 64.1 Å². The van der Waals surface area contributed by atoms with Crippen molar-refractivity contribution in [1.29, 1.82) is 0 Å². The second kappa shape index (κ2) is 5.37. The Balaban J connectivity index is 2.31. The van der Waals surface area contributed by atoms with E-state index in [1.165, 1.54) is 17.1 Å². The van der Waals surface area contributed by atoms with Crippen molar-refractivity contribution in [1.82, 2.24) is 3.97 Å². The van der Waals surface area contributed by atoms with E-state index < -0.39 is 10.0 Å². The van der Waals surface area contributed by atoms with Gasteiger partial charge in [-0.15, -0.1) is 0 Å². The number of nitrogens with zero attached hydrogens (tertiary/aromatic N) is 1. The highest BCUT2D eigenvalue weighted by molar-refractivity contribution is 9.10. The number of fused-ring (bicyclic) bond motifs is 1. The summed E-state index contributed by atoms with van der Waals surface area (Å²) in [5, 5.41) is 0.740. The summed E-state index contributed by atoms with van der Waals surface area (Å²) < 4.78 is 27.4. The third kappa shape index (κ3) is 2.38. The quantitative estimate of drug-likeness (QED) is 0.651. The fraction of sp³-hybridized carbons (Fsp3) is 0.0625. The number of Topliss-reactive ketones (excluding diaryl/α,β-unsaturated/α-hetero) is 1. The minimum absolute atomic E-state index is 0.118. The molecular weight excluding hydrogens is 366 g/mol. The molecule has 0 fully saturated rings. The van der Waals surface area contributed by atoms with Gasteiger partial charge in [-0.25, -0.2) is 12.4 Å². The molecule has 3 rings (SSSR count). The summed E-state index contributed by atoms with van der Waals surface area (Å²) in [6.07, 6.45) is 1.50. The standard InChI is InChI=1S/C16H12BrNO3S/c1-11(19)12-9-15(17)14-7-8-18(16(14)10-12)22(20,21)13-5-3-2-4-6-13/h2-10H,1H3. The molecule has 2 aromatic carbocycles. The van der Waals surface area contributed by atoms with Crippen LogP contribution in [0.25, 0.3) is 10.9 Å². The van der Waals surface area contributed by atoms with Crippen molar-refractivity contribution in [3.8, 4) is 0 Å². The highest BCUT2D eigenvalue weighted by atomic mass is 79.9. The van der Waals surface area contributed by atoms with Crippen molar-refractivity contribution in [2.75, 3.05) is 0 Å². The van der Waals surface area contributed by atoms with Crippen LogP contribution >= 0.6 is 15.9 Å². The van der Waals surface area contributed by atoms with E-state index in [2.05, 4.69) is 15.9 Å². The molecule has 0 aliphatic rings. The van der Waals surface area contributed by atoms with Crippen molar-refractivity contribution in [3.63, 3.8) is 0 Å². The number of carbonyl (C=O) groups is 1. The van der Waals surface area contributed by atoms with E-state index in [0.29, 0.717) is 15.6 Å². The zero-order valence-electron chi connectivity index (χ0n) is 11.7. The number of halogens is 1. The largest absolute Gasteiger partial charge is 0.295 e. The molecule has 0 bridgehead atoms. The third-order valence-corrected chi connectivity index (χ3v) is 5.79. The molecule has 0 radical (unpaired) electrons. The van der Waals surface area contributed by atoms with Crippen LogP contribution < -0.4 is 0 Å². The molecule has 4 nitrogen and oxygen atoms in total. The van der Waals surface area contributed by atoms with Crippen LogP contribution in [0.4, 0.5) is 0 Å².